The van der Waals surface area contributed by atoms with E-state index in [0.717, 1.165) is 31.5 Å². The molecule has 0 aromatic heterocycles. The Balaban J connectivity index is 3.94. The topological polar surface area (TPSA) is 29.5 Å². The van der Waals surface area contributed by atoms with E-state index >= 15 is 0 Å². The number of hydrogen-bond donors (Lipinski definition) is 0. The van der Waals surface area contributed by atoms with Crippen LogP contribution in [0, 0.1) is 11.8 Å². The third-order valence-electron chi connectivity index (χ3n) is 4.33. The molecule has 0 unspecified atom stereocenters. The molecule has 0 saturated carbocycles. The lowest BCUT2D eigenvalue weighted by molar-refractivity contribution is -0.138. The van der Waals surface area contributed by atoms with Gasteiger partial charge in [-0.2, -0.15) is 0 Å². The fourth-order valence-corrected chi connectivity index (χ4v) is 2.80. The number of esters is 1. The van der Waals surface area contributed by atoms with E-state index < -0.39 is 0 Å². The molecule has 0 atom stereocenters. The molecule has 0 aromatic rings. The van der Waals surface area contributed by atoms with Crippen LogP contribution in [0.2, 0.25) is 0 Å². The van der Waals surface area contributed by atoms with E-state index in [0.29, 0.717) is 6.61 Å². The Morgan fingerprint density at radius 2 is 1.38 bits per heavy atom. The highest BCUT2D eigenvalue weighted by Crippen LogP contribution is 2.11. The normalized spacial score (nSPS) is 11.5. The number of ether oxygens (including phenoxy) is 1. The van der Waals surface area contributed by atoms with Crippen LogP contribution in [0.25, 0.3) is 0 Å². The molecular weight excluding hydrogens is 298 g/mol. The minimum absolute atomic E-state index is 0.316. The Labute approximate surface area is 150 Å². The summed E-state index contributed by atoms with van der Waals surface area (Å²) in [6.45, 7) is 16.1. The van der Waals surface area contributed by atoms with Crippen molar-refractivity contribution in [2.24, 2.45) is 11.8 Å². The number of unbranched alkanes of at least 4 members (excludes halogenated alkanes) is 4. The quantitative estimate of drug-likeness (QED) is 0.213. The number of carbonyl (C=O) groups is 1. The first-order valence-electron chi connectivity index (χ1n) is 9.97. The van der Waals surface area contributed by atoms with Gasteiger partial charge in [0, 0.05) is 12.6 Å². The molecule has 0 radical (unpaired) electrons. The Hall–Kier alpha value is -0.830. The van der Waals surface area contributed by atoms with Crippen LogP contribution in [0.3, 0.4) is 0 Å². The molecule has 0 aliphatic rings. The van der Waals surface area contributed by atoms with Crippen LogP contribution in [0.1, 0.15) is 79.1 Å². The Kier molecular flexibility index (Phi) is 15.1. The molecule has 0 heterocycles. The number of nitrogens with zero attached hydrogens (tertiary/aromatic N) is 1. The van der Waals surface area contributed by atoms with Gasteiger partial charge >= 0.3 is 5.97 Å². The Morgan fingerprint density at radius 1 is 0.875 bits per heavy atom. The monoisotopic (exact) mass is 339 g/mol. The Bertz CT molecular complexity index is 295. The van der Waals surface area contributed by atoms with Crippen molar-refractivity contribution in [3.63, 3.8) is 0 Å². The van der Waals surface area contributed by atoms with E-state index in [2.05, 4.69) is 39.2 Å². The maximum absolute atomic E-state index is 11.2. The van der Waals surface area contributed by atoms with Gasteiger partial charge in [-0.05, 0) is 37.8 Å². The van der Waals surface area contributed by atoms with Gasteiger partial charge in [0.2, 0.25) is 0 Å². The van der Waals surface area contributed by atoms with E-state index in [1.807, 2.05) is 0 Å². The van der Waals surface area contributed by atoms with Crippen molar-refractivity contribution in [1.82, 2.24) is 4.90 Å². The van der Waals surface area contributed by atoms with E-state index in [-0.39, 0.29) is 5.97 Å². The van der Waals surface area contributed by atoms with Crippen molar-refractivity contribution >= 4 is 5.97 Å². The second kappa shape index (κ2) is 15.7. The van der Waals surface area contributed by atoms with E-state index in [1.54, 1.807) is 0 Å². The highest BCUT2D eigenvalue weighted by atomic mass is 16.5. The van der Waals surface area contributed by atoms with Gasteiger partial charge in [-0.15, -0.1) is 0 Å². The highest BCUT2D eigenvalue weighted by Gasteiger charge is 2.06. The third kappa shape index (κ3) is 16.0. The molecule has 3 heteroatoms. The van der Waals surface area contributed by atoms with E-state index in [4.69, 9.17) is 4.74 Å². The minimum atomic E-state index is -0.316. The molecule has 0 fully saturated rings. The smallest absolute Gasteiger partial charge is 0.330 e. The van der Waals surface area contributed by atoms with Gasteiger partial charge < -0.3 is 4.74 Å². The summed E-state index contributed by atoms with van der Waals surface area (Å²) in [5, 5.41) is 0. The van der Waals surface area contributed by atoms with Crippen molar-refractivity contribution in [3.8, 4) is 0 Å². The highest BCUT2D eigenvalue weighted by molar-refractivity contribution is 5.81. The molecule has 0 aliphatic heterocycles. The van der Waals surface area contributed by atoms with Crippen molar-refractivity contribution in [2.45, 2.75) is 79.1 Å². The van der Waals surface area contributed by atoms with Crippen molar-refractivity contribution < 1.29 is 9.53 Å². The summed E-state index contributed by atoms with van der Waals surface area (Å²) in [5.41, 5.74) is 0. The fraction of sp³-hybridized carbons (Fsp3) is 0.857. The molecule has 0 rings (SSSR count). The van der Waals surface area contributed by atoms with E-state index in [9.17, 15) is 4.79 Å². The predicted molar refractivity (Wildman–Crippen MR) is 104 cm³/mol. The minimum Gasteiger partial charge on any atom is -0.461 e. The van der Waals surface area contributed by atoms with Crippen LogP contribution < -0.4 is 0 Å². The second-order valence-electron chi connectivity index (χ2n) is 7.70. The molecule has 0 bridgehead atoms. The molecule has 0 saturated heterocycles. The van der Waals surface area contributed by atoms with Gasteiger partial charge in [-0.25, -0.2) is 4.79 Å². The van der Waals surface area contributed by atoms with Gasteiger partial charge in [0.15, 0.2) is 0 Å². The average Bonchev–Trinajstić information content (AvgIpc) is 2.52. The molecule has 0 N–H and O–H groups in total. The SMILES string of the molecule is C=CC(=O)OCCN(CCCCCC(C)C)CCCCCC(C)C. The van der Waals surface area contributed by atoms with E-state index in [1.165, 1.54) is 57.4 Å². The van der Waals surface area contributed by atoms with Crippen LogP contribution >= 0.6 is 0 Å². The zero-order chi connectivity index (χ0) is 18.2. The lowest BCUT2D eigenvalue weighted by Crippen LogP contribution is -2.30. The summed E-state index contributed by atoms with van der Waals surface area (Å²) in [7, 11) is 0. The number of rotatable bonds is 16. The Morgan fingerprint density at radius 3 is 1.79 bits per heavy atom. The first kappa shape index (κ1) is 23.2. The average molecular weight is 340 g/mol. The van der Waals surface area contributed by atoms with Crippen LogP contribution in [0.15, 0.2) is 12.7 Å². The first-order chi connectivity index (χ1) is 11.5. The summed E-state index contributed by atoms with van der Waals surface area (Å²) in [6.07, 6.45) is 11.6. The summed E-state index contributed by atoms with van der Waals surface area (Å²) in [5.74, 6) is 1.30. The summed E-state index contributed by atoms with van der Waals surface area (Å²) < 4.78 is 5.14. The first-order valence-corrected chi connectivity index (χ1v) is 9.97. The zero-order valence-corrected chi connectivity index (χ0v) is 16.7. The molecule has 0 aliphatic carbocycles. The maximum Gasteiger partial charge on any atom is 0.330 e. The second-order valence-corrected chi connectivity index (χ2v) is 7.70. The summed E-state index contributed by atoms with van der Waals surface area (Å²) >= 11 is 0. The molecule has 0 amide bonds. The van der Waals surface area contributed by atoms with Crippen LogP contribution in [0.5, 0.6) is 0 Å². The largest absolute Gasteiger partial charge is 0.461 e. The lowest BCUT2D eigenvalue weighted by Gasteiger charge is -2.22. The van der Waals surface area contributed by atoms with Gasteiger partial charge in [-0.1, -0.05) is 72.8 Å². The van der Waals surface area contributed by atoms with Crippen LogP contribution in [-0.2, 0) is 9.53 Å². The summed E-state index contributed by atoms with van der Waals surface area (Å²) in [4.78, 5) is 13.6. The fourth-order valence-electron chi connectivity index (χ4n) is 2.80. The van der Waals surface area contributed by atoms with Crippen molar-refractivity contribution in [2.75, 3.05) is 26.2 Å². The lowest BCUT2D eigenvalue weighted by atomic mass is 10.0. The van der Waals surface area contributed by atoms with Gasteiger partial charge in [0.05, 0.1) is 0 Å². The molecule has 142 valence electrons. The number of carbonyl (C=O) groups excluding carboxylic acids is 1. The third-order valence-corrected chi connectivity index (χ3v) is 4.33. The predicted octanol–water partition coefficient (Wildman–Crippen LogP) is 5.45. The molecule has 0 spiro atoms. The van der Waals surface area contributed by atoms with Gasteiger partial charge in [0.1, 0.15) is 6.61 Å². The zero-order valence-electron chi connectivity index (χ0n) is 16.7. The number of hydrogen-bond acceptors (Lipinski definition) is 3. The molecule has 24 heavy (non-hydrogen) atoms. The van der Waals surface area contributed by atoms with Crippen LogP contribution in [-0.4, -0.2) is 37.1 Å². The van der Waals surface area contributed by atoms with Gasteiger partial charge in [0.25, 0.3) is 0 Å². The molecule has 0 aromatic carbocycles. The van der Waals surface area contributed by atoms with Gasteiger partial charge in [-0.3, -0.25) is 4.90 Å². The molecule has 3 nitrogen and oxygen atoms in total. The summed E-state index contributed by atoms with van der Waals surface area (Å²) in [6, 6.07) is 0. The van der Waals surface area contributed by atoms with Crippen molar-refractivity contribution in [3.05, 3.63) is 12.7 Å². The standard InChI is InChI=1S/C21H41NO2/c1-6-21(23)24-18-17-22(15-11-7-9-13-19(2)3)16-12-8-10-14-20(4)5/h6,19-20H,1,7-18H2,2-5H3. The maximum atomic E-state index is 11.2. The molecular formula is C21H41NO2. The van der Waals surface area contributed by atoms with Crippen LogP contribution in [0.4, 0.5) is 0 Å². The van der Waals surface area contributed by atoms with Crippen molar-refractivity contribution in [1.29, 1.82) is 0 Å².